The minimum atomic E-state index is -0.114. The number of fused-ring (bicyclic) bond motifs is 1. The fraction of sp³-hybridized carbons (Fsp3) is 0.150. The number of aromatic nitrogens is 3. The number of para-hydroxylation sites is 1. The van der Waals surface area contributed by atoms with Crippen molar-refractivity contribution in [2.45, 2.75) is 13.8 Å². The van der Waals surface area contributed by atoms with Gasteiger partial charge in [0, 0.05) is 11.1 Å². The van der Waals surface area contributed by atoms with E-state index in [1.54, 1.807) is 4.40 Å². The van der Waals surface area contributed by atoms with Crippen LogP contribution in [0.3, 0.4) is 0 Å². The standard InChI is InChI=1S/C20H17N3O2S/c1-3-25-16-7-5-4-6-15(16)12-17-19(24)23-18(21-22-20(23)26-17)14-10-8-13(2)9-11-14/h4-12H,3H2,1-2H3/b17-12-. The van der Waals surface area contributed by atoms with Gasteiger partial charge >= 0.3 is 0 Å². The van der Waals surface area contributed by atoms with Crippen molar-refractivity contribution < 1.29 is 4.74 Å². The Morgan fingerprint density at radius 3 is 2.65 bits per heavy atom. The van der Waals surface area contributed by atoms with Gasteiger partial charge in [0.15, 0.2) is 5.82 Å². The fourth-order valence-corrected chi connectivity index (χ4v) is 3.68. The molecule has 0 saturated carbocycles. The van der Waals surface area contributed by atoms with E-state index in [2.05, 4.69) is 10.2 Å². The quantitative estimate of drug-likeness (QED) is 0.559. The third-order valence-corrected chi connectivity index (χ3v) is 5.02. The lowest BCUT2D eigenvalue weighted by molar-refractivity contribution is 0.339. The Hall–Kier alpha value is -2.99. The molecule has 0 unspecified atom stereocenters. The molecule has 4 aromatic rings. The highest BCUT2D eigenvalue weighted by atomic mass is 32.1. The van der Waals surface area contributed by atoms with Crippen LogP contribution < -0.4 is 14.8 Å². The maximum Gasteiger partial charge on any atom is 0.276 e. The first-order valence-electron chi connectivity index (χ1n) is 8.36. The lowest BCUT2D eigenvalue weighted by Crippen LogP contribution is -2.23. The van der Waals surface area contributed by atoms with Crippen molar-refractivity contribution in [1.29, 1.82) is 0 Å². The lowest BCUT2D eigenvalue weighted by Gasteiger charge is -2.05. The van der Waals surface area contributed by atoms with E-state index < -0.39 is 0 Å². The van der Waals surface area contributed by atoms with Gasteiger partial charge in [0.1, 0.15) is 5.75 Å². The third-order valence-electron chi connectivity index (χ3n) is 4.06. The van der Waals surface area contributed by atoms with Gasteiger partial charge in [-0.05, 0) is 26.0 Å². The maximum absolute atomic E-state index is 12.9. The van der Waals surface area contributed by atoms with E-state index in [1.807, 2.05) is 68.5 Å². The van der Waals surface area contributed by atoms with Crippen molar-refractivity contribution in [3.05, 3.63) is 74.5 Å². The summed E-state index contributed by atoms with van der Waals surface area (Å²) in [5.74, 6) is 1.33. The van der Waals surface area contributed by atoms with Crippen LogP contribution in [0.25, 0.3) is 22.4 Å². The zero-order valence-corrected chi connectivity index (χ0v) is 15.3. The van der Waals surface area contributed by atoms with Gasteiger partial charge in [0.05, 0.1) is 11.1 Å². The molecule has 26 heavy (non-hydrogen) atoms. The molecule has 5 nitrogen and oxygen atoms in total. The lowest BCUT2D eigenvalue weighted by atomic mass is 10.1. The van der Waals surface area contributed by atoms with Crippen molar-refractivity contribution in [2.24, 2.45) is 0 Å². The summed E-state index contributed by atoms with van der Waals surface area (Å²) in [5.41, 5.74) is 2.79. The van der Waals surface area contributed by atoms with Crippen LogP contribution in [-0.2, 0) is 0 Å². The highest BCUT2D eigenvalue weighted by Gasteiger charge is 2.14. The van der Waals surface area contributed by atoms with Crippen LogP contribution in [0.1, 0.15) is 18.1 Å². The molecule has 0 aliphatic rings. The van der Waals surface area contributed by atoms with E-state index in [1.165, 1.54) is 11.3 Å². The molecule has 0 atom stereocenters. The zero-order chi connectivity index (χ0) is 18.1. The number of hydrogen-bond acceptors (Lipinski definition) is 5. The first-order valence-corrected chi connectivity index (χ1v) is 9.17. The van der Waals surface area contributed by atoms with Crippen LogP contribution in [0.5, 0.6) is 5.75 Å². The van der Waals surface area contributed by atoms with E-state index in [9.17, 15) is 4.79 Å². The van der Waals surface area contributed by atoms with Gasteiger partial charge in [0.2, 0.25) is 4.96 Å². The van der Waals surface area contributed by atoms with Crippen molar-refractivity contribution >= 4 is 22.4 Å². The van der Waals surface area contributed by atoms with Gasteiger partial charge in [0.25, 0.3) is 5.56 Å². The van der Waals surface area contributed by atoms with E-state index in [4.69, 9.17) is 4.74 Å². The van der Waals surface area contributed by atoms with Gasteiger partial charge in [-0.1, -0.05) is 59.4 Å². The molecule has 0 bridgehead atoms. The van der Waals surface area contributed by atoms with Crippen LogP contribution >= 0.6 is 11.3 Å². The Labute approximate surface area is 154 Å². The summed E-state index contributed by atoms with van der Waals surface area (Å²) in [6.45, 7) is 4.54. The van der Waals surface area contributed by atoms with Gasteiger partial charge in [-0.15, -0.1) is 10.2 Å². The minimum Gasteiger partial charge on any atom is -0.493 e. The van der Waals surface area contributed by atoms with Crippen molar-refractivity contribution in [3.63, 3.8) is 0 Å². The van der Waals surface area contributed by atoms with Gasteiger partial charge < -0.3 is 4.74 Å². The summed E-state index contributed by atoms with van der Waals surface area (Å²) in [5, 5.41) is 8.38. The molecule has 2 aromatic carbocycles. The van der Waals surface area contributed by atoms with Crippen LogP contribution in [0.4, 0.5) is 0 Å². The number of thiazole rings is 1. The molecule has 130 valence electrons. The third kappa shape index (κ3) is 2.88. The van der Waals surface area contributed by atoms with Crippen molar-refractivity contribution in [1.82, 2.24) is 14.6 Å². The zero-order valence-electron chi connectivity index (χ0n) is 14.5. The molecule has 2 heterocycles. The van der Waals surface area contributed by atoms with Crippen molar-refractivity contribution in [3.8, 4) is 17.1 Å². The largest absolute Gasteiger partial charge is 0.493 e. The molecule has 0 aliphatic heterocycles. The Bertz CT molecular complexity index is 1180. The second kappa shape index (κ2) is 6.72. The first-order chi connectivity index (χ1) is 12.7. The Morgan fingerprint density at radius 1 is 1.12 bits per heavy atom. The van der Waals surface area contributed by atoms with Gasteiger partial charge in [-0.3, -0.25) is 4.79 Å². The van der Waals surface area contributed by atoms with Crippen LogP contribution in [0, 0.1) is 6.92 Å². The topological polar surface area (TPSA) is 56.5 Å². The van der Waals surface area contributed by atoms with E-state index >= 15 is 0 Å². The molecule has 0 aliphatic carbocycles. The summed E-state index contributed by atoms with van der Waals surface area (Å²) in [7, 11) is 0. The maximum atomic E-state index is 12.9. The molecular weight excluding hydrogens is 346 g/mol. The number of nitrogens with zero attached hydrogens (tertiary/aromatic N) is 3. The minimum absolute atomic E-state index is 0.114. The molecule has 0 N–H and O–H groups in total. The molecule has 0 radical (unpaired) electrons. The normalized spacial score (nSPS) is 12.0. The highest BCUT2D eigenvalue weighted by Crippen LogP contribution is 2.20. The highest BCUT2D eigenvalue weighted by molar-refractivity contribution is 7.15. The average molecular weight is 363 g/mol. The van der Waals surface area contributed by atoms with E-state index in [0.717, 1.165) is 22.4 Å². The summed E-state index contributed by atoms with van der Waals surface area (Å²) in [6.07, 6.45) is 1.85. The van der Waals surface area contributed by atoms with Crippen LogP contribution in [0.15, 0.2) is 53.3 Å². The number of hydrogen-bond donors (Lipinski definition) is 0. The first kappa shape index (κ1) is 16.5. The summed E-state index contributed by atoms with van der Waals surface area (Å²) >= 11 is 1.33. The smallest absolute Gasteiger partial charge is 0.276 e. The average Bonchev–Trinajstić information content (AvgIpc) is 3.19. The number of rotatable bonds is 4. The number of ether oxygens (including phenoxy) is 1. The second-order valence-electron chi connectivity index (χ2n) is 5.89. The molecule has 0 spiro atoms. The van der Waals surface area contributed by atoms with E-state index in [-0.39, 0.29) is 5.56 Å². The molecule has 4 rings (SSSR count). The SMILES string of the molecule is CCOc1ccccc1/C=c1\sc2nnc(-c3ccc(C)cc3)n2c1=O. The molecular formula is C20H17N3O2S. The number of aryl methyl sites for hydroxylation is 1. The van der Waals surface area contributed by atoms with Crippen molar-refractivity contribution in [2.75, 3.05) is 6.61 Å². The Kier molecular flexibility index (Phi) is 4.26. The molecule has 6 heteroatoms. The predicted molar refractivity (Wildman–Crippen MR) is 104 cm³/mol. The molecule has 2 aromatic heterocycles. The summed E-state index contributed by atoms with van der Waals surface area (Å²) in [6, 6.07) is 15.6. The van der Waals surface area contributed by atoms with Crippen LogP contribution in [-0.4, -0.2) is 21.2 Å². The molecule has 0 amide bonds. The molecule has 0 saturated heterocycles. The second-order valence-corrected chi connectivity index (χ2v) is 6.90. The monoisotopic (exact) mass is 363 g/mol. The summed E-state index contributed by atoms with van der Waals surface area (Å²) < 4.78 is 7.83. The predicted octanol–water partition coefficient (Wildman–Crippen LogP) is 3.07. The molecule has 0 fully saturated rings. The Morgan fingerprint density at radius 2 is 1.88 bits per heavy atom. The number of benzene rings is 2. The van der Waals surface area contributed by atoms with E-state index in [0.29, 0.717) is 21.9 Å². The van der Waals surface area contributed by atoms with Crippen LogP contribution in [0.2, 0.25) is 0 Å². The summed E-state index contributed by atoms with van der Waals surface area (Å²) in [4.78, 5) is 13.5. The Balaban J connectivity index is 1.88. The van der Waals surface area contributed by atoms with Gasteiger partial charge in [-0.25, -0.2) is 4.40 Å². The fourth-order valence-electron chi connectivity index (χ4n) is 2.78. The van der Waals surface area contributed by atoms with Gasteiger partial charge in [-0.2, -0.15) is 0 Å².